The highest BCUT2D eigenvalue weighted by Gasteiger charge is 2.47. The van der Waals surface area contributed by atoms with Crippen LogP contribution < -0.4 is 11.0 Å². The summed E-state index contributed by atoms with van der Waals surface area (Å²) in [6.45, 7) is 1.03. The van der Waals surface area contributed by atoms with Crippen LogP contribution in [-0.4, -0.2) is 93.7 Å². The van der Waals surface area contributed by atoms with E-state index < -0.39 is 52.6 Å². The summed E-state index contributed by atoms with van der Waals surface area (Å²) in [7, 11) is -3.12. The molecule has 3 N–H and O–H groups in total. The number of aromatic nitrogens is 2. The Morgan fingerprint density at radius 3 is 2.67 bits per heavy atom. The number of sulfone groups is 1. The van der Waals surface area contributed by atoms with Gasteiger partial charge >= 0.3 is 5.69 Å². The first-order chi connectivity index (χ1) is 14.1. The second-order valence-electron chi connectivity index (χ2n) is 6.91. The molecule has 1 aromatic rings. The average molecular weight is 463 g/mol. The maximum Gasteiger partial charge on any atom is 0.351 e. The number of ether oxygens (including phenoxy) is 2. The molecule has 0 saturated carbocycles. The molecule has 0 spiro atoms. The van der Waals surface area contributed by atoms with E-state index in [0.717, 1.165) is 4.57 Å². The van der Waals surface area contributed by atoms with Gasteiger partial charge in [0.1, 0.15) is 18.0 Å². The van der Waals surface area contributed by atoms with Crippen LogP contribution in [0.25, 0.3) is 0 Å². The minimum absolute atomic E-state index is 0.0444. The van der Waals surface area contributed by atoms with Crippen LogP contribution in [0, 0.1) is 0 Å². The van der Waals surface area contributed by atoms with Crippen LogP contribution in [0.2, 0.25) is 0 Å². The lowest BCUT2D eigenvalue weighted by atomic mass is 10.1. The zero-order chi connectivity index (χ0) is 22.1. The fourth-order valence-electron chi connectivity index (χ4n) is 3.16. The highest BCUT2D eigenvalue weighted by atomic mass is 32.2. The molecule has 2 aliphatic rings. The Kier molecular flexibility index (Phi) is 6.71. The van der Waals surface area contributed by atoms with E-state index in [1.54, 1.807) is 4.90 Å². The van der Waals surface area contributed by atoms with E-state index in [1.807, 2.05) is 0 Å². The van der Waals surface area contributed by atoms with Crippen LogP contribution in [0.5, 0.6) is 0 Å². The summed E-state index contributed by atoms with van der Waals surface area (Å²) in [5.41, 5.74) is -0.777. The number of thiocarbonyl (C=S) groups is 1. The van der Waals surface area contributed by atoms with Gasteiger partial charge in [-0.25, -0.2) is 13.2 Å². The number of carbonyl (C=O) groups is 1. The zero-order valence-corrected chi connectivity index (χ0v) is 17.6. The summed E-state index contributed by atoms with van der Waals surface area (Å²) in [5, 5.41) is 22.3. The third-order valence-corrected chi connectivity index (χ3v) is 6.70. The van der Waals surface area contributed by atoms with E-state index in [1.165, 1.54) is 19.2 Å². The van der Waals surface area contributed by atoms with Crippen molar-refractivity contribution >= 4 is 39.0 Å². The van der Waals surface area contributed by atoms with Crippen LogP contribution in [0.3, 0.4) is 0 Å². The maximum atomic E-state index is 12.4. The van der Waals surface area contributed by atoms with Gasteiger partial charge < -0.3 is 29.9 Å². The SMILES string of the molecule is CC(=O)Nc1ccn([C@@H]2O[C@H](CO)C(O)[C@@H]2OC(=S)N2CCS(=O)(=O)CC2)c(=O)n1. The van der Waals surface area contributed by atoms with E-state index in [9.17, 15) is 28.2 Å². The Balaban J connectivity index is 1.80. The minimum atomic E-state index is -3.12. The number of anilines is 1. The molecule has 0 radical (unpaired) electrons. The summed E-state index contributed by atoms with van der Waals surface area (Å²) in [5.74, 6) is -0.500. The lowest BCUT2D eigenvalue weighted by Crippen LogP contribution is -2.47. The topological polar surface area (TPSA) is 160 Å². The standard InChI is InChI=1S/C16H22N4O8S2/c1-9(22)17-11-2-3-20(15(24)18-11)14-13(12(23)10(8-21)27-14)28-16(29)19-4-6-30(25,26)7-5-19/h2-3,10,12-14,21,23H,4-8H2,1H3,(H,17,18,22,24)/t10-,12?,13+,14-/m1/s1. The Hall–Kier alpha value is -2.13. The van der Waals surface area contributed by atoms with Crippen molar-refractivity contribution in [1.29, 1.82) is 0 Å². The lowest BCUT2D eigenvalue weighted by molar-refractivity contribution is -0.114. The molecule has 3 heterocycles. The lowest BCUT2D eigenvalue weighted by Gasteiger charge is -2.31. The average Bonchev–Trinajstić information content (AvgIpc) is 2.97. The number of nitrogens with zero attached hydrogens (tertiary/aromatic N) is 3. The van der Waals surface area contributed by atoms with Crippen molar-refractivity contribution < 1.29 is 32.9 Å². The van der Waals surface area contributed by atoms with E-state index in [0.29, 0.717) is 0 Å². The molecule has 1 unspecified atom stereocenters. The van der Waals surface area contributed by atoms with Crippen LogP contribution >= 0.6 is 12.2 Å². The van der Waals surface area contributed by atoms with E-state index in [2.05, 4.69) is 10.3 Å². The Labute approximate surface area is 177 Å². The molecule has 0 aliphatic carbocycles. The van der Waals surface area contributed by atoms with Crippen molar-refractivity contribution in [2.24, 2.45) is 0 Å². The van der Waals surface area contributed by atoms with Gasteiger partial charge in [0.05, 0.1) is 18.1 Å². The molecule has 1 amide bonds. The minimum Gasteiger partial charge on any atom is -0.460 e. The molecule has 30 heavy (non-hydrogen) atoms. The molecule has 2 saturated heterocycles. The van der Waals surface area contributed by atoms with Crippen molar-refractivity contribution in [3.05, 3.63) is 22.7 Å². The summed E-state index contributed by atoms with van der Waals surface area (Å²) in [4.78, 5) is 28.8. The quantitative estimate of drug-likeness (QED) is 0.419. The summed E-state index contributed by atoms with van der Waals surface area (Å²) in [6, 6.07) is 1.37. The first-order valence-electron chi connectivity index (χ1n) is 9.08. The normalized spacial score (nSPS) is 28.2. The number of rotatable bonds is 4. The largest absolute Gasteiger partial charge is 0.460 e. The van der Waals surface area contributed by atoms with Crippen molar-refractivity contribution in [3.8, 4) is 0 Å². The second-order valence-corrected chi connectivity index (χ2v) is 9.56. The molecule has 4 atom stereocenters. The highest BCUT2D eigenvalue weighted by Crippen LogP contribution is 2.31. The third-order valence-electron chi connectivity index (χ3n) is 4.74. The van der Waals surface area contributed by atoms with Crippen LogP contribution in [0.15, 0.2) is 17.1 Å². The van der Waals surface area contributed by atoms with Gasteiger partial charge in [-0.05, 0) is 18.3 Å². The number of aliphatic hydroxyl groups is 2. The number of carbonyl (C=O) groups excluding carboxylic acids is 1. The summed E-state index contributed by atoms with van der Waals surface area (Å²) in [6.07, 6.45) is -3.35. The van der Waals surface area contributed by atoms with E-state index >= 15 is 0 Å². The van der Waals surface area contributed by atoms with Gasteiger partial charge in [0.15, 0.2) is 22.2 Å². The Morgan fingerprint density at radius 1 is 1.43 bits per heavy atom. The number of hydrogen-bond acceptors (Lipinski definition) is 10. The van der Waals surface area contributed by atoms with Crippen LogP contribution in [0.4, 0.5) is 5.82 Å². The molecular weight excluding hydrogens is 440 g/mol. The molecular formula is C16H22N4O8S2. The number of nitrogens with one attached hydrogen (secondary N) is 1. The van der Waals surface area contributed by atoms with Crippen LogP contribution in [-0.2, 0) is 24.1 Å². The van der Waals surface area contributed by atoms with Crippen LogP contribution in [0.1, 0.15) is 13.2 Å². The monoisotopic (exact) mass is 462 g/mol. The van der Waals surface area contributed by atoms with Gasteiger partial charge in [-0.3, -0.25) is 9.36 Å². The molecule has 0 aromatic carbocycles. The predicted molar refractivity (Wildman–Crippen MR) is 108 cm³/mol. The van der Waals surface area contributed by atoms with Gasteiger partial charge in [0.25, 0.3) is 5.17 Å². The van der Waals surface area contributed by atoms with Crippen molar-refractivity contribution in [2.75, 3.05) is 36.5 Å². The molecule has 2 aliphatic heterocycles. The second kappa shape index (κ2) is 8.93. The maximum absolute atomic E-state index is 12.4. The first-order valence-corrected chi connectivity index (χ1v) is 11.3. The van der Waals surface area contributed by atoms with E-state index in [-0.39, 0.29) is 35.6 Å². The Bertz CT molecular complexity index is 968. The van der Waals surface area contributed by atoms with E-state index in [4.69, 9.17) is 21.7 Å². The molecule has 12 nitrogen and oxygen atoms in total. The van der Waals surface area contributed by atoms with Crippen molar-refractivity contribution in [2.45, 2.75) is 31.5 Å². The molecule has 166 valence electrons. The van der Waals surface area contributed by atoms with Gasteiger partial charge in [0, 0.05) is 26.2 Å². The zero-order valence-electron chi connectivity index (χ0n) is 16.0. The molecule has 14 heteroatoms. The van der Waals surface area contributed by atoms with Gasteiger partial charge in [-0.2, -0.15) is 4.98 Å². The van der Waals surface area contributed by atoms with Gasteiger partial charge in [-0.1, -0.05) is 0 Å². The first kappa shape index (κ1) is 22.6. The molecule has 2 fully saturated rings. The smallest absolute Gasteiger partial charge is 0.351 e. The van der Waals surface area contributed by atoms with Gasteiger partial charge in [0.2, 0.25) is 5.91 Å². The van der Waals surface area contributed by atoms with Crippen molar-refractivity contribution in [3.63, 3.8) is 0 Å². The van der Waals surface area contributed by atoms with Crippen molar-refractivity contribution in [1.82, 2.24) is 14.5 Å². The Morgan fingerprint density at radius 2 is 2.10 bits per heavy atom. The predicted octanol–water partition coefficient (Wildman–Crippen LogP) is -2.15. The molecule has 3 rings (SSSR count). The summed E-state index contributed by atoms with van der Waals surface area (Å²) < 4.78 is 35.5. The fraction of sp³-hybridized carbons (Fsp3) is 0.625. The number of amides is 1. The highest BCUT2D eigenvalue weighted by molar-refractivity contribution is 7.91. The number of aliphatic hydroxyl groups excluding tert-OH is 2. The summed E-state index contributed by atoms with van der Waals surface area (Å²) >= 11 is 5.25. The molecule has 0 bridgehead atoms. The molecule has 1 aromatic heterocycles. The fourth-order valence-corrected chi connectivity index (χ4v) is 4.66. The van der Waals surface area contributed by atoms with Gasteiger partial charge in [-0.15, -0.1) is 0 Å². The third kappa shape index (κ3) is 4.95. The number of hydrogen-bond donors (Lipinski definition) is 3.